The second-order valence-electron chi connectivity index (χ2n) is 10.8. The topological polar surface area (TPSA) is 177 Å². The fourth-order valence-corrected chi connectivity index (χ4v) is 4.91. The number of rotatable bonds is 2. The van der Waals surface area contributed by atoms with Crippen molar-refractivity contribution in [2.45, 2.75) is 26.9 Å². The number of fused-ring (bicyclic) bond motifs is 4. The Morgan fingerprint density at radius 2 is 1.20 bits per heavy atom. The molecule has 5 aromatic rings. The number of carbonyl (C=O) groups is 4. The molecular weight excluding hydrogens is 592 g/mol. The van der Waals surface area contributed by atoms with E-state index < -0.39 is 29.2 Å². The molecule has 1 atom stereocenters. The van der Waals surface area contributed by atoms with Crippen molar-refractivity contribution >= 4 is 63.5 Å². The van der Waals surface area contributed by atoms with Gasteiger partial charge in [0.25, 0.3) is 0 Å². The maximum absolute atomic E-state index is 12.2. The minimum atomic E-state index is -0.538. The van der Waals surface area contributed by atoms with E-state index in [0.717, 1.165) is 27.6 Å². The molecule has 1 aliphatic carbocycles. The lowest BCUT2D eigenvalue weighted by molar-refractivity contribution is -0.112. The van der Waals surface area contributed by atoms with E-state index >= 15 is 0 Å². The molecule has 7 rings (SSSR count). The fraction of sp³-hybridized carbons (Fsp3) is 0.212. The van der Waals surface area contributed by atoms with Crippen molar-refractivity contribution in [3.63, 3.8) is 0 Å². The Hall–Kier alpha value is -5.98. The molecule has 0 fully saturated rings. The molecule has 13 heteroatoms. The predicted octanol–water partition coefficient (Wildman–Crippen LogP) is 6.09. The van der Waals surface area contributed by atoms with Crippen molar-refractivity contribution in [2.75, 3.05) is 24.9 Å². The van der Waals surface area contributed by atoms with Crippen LogP contribution in [0.2, 0.25) is 0 Å². The number of benzene rings is 3. The zero-order chi connectivity index (χ0) is 33.0. The number of aromatic amines is 2. The number of nitrogens with one attached hydrogen (secondary N) is 4. The third-order valence-corrected chi connectivity index (χ3v) is 7.62. The smallest absolute Gasteiger partial charge is 0.413 e. The van der Waals surface area contributed by atoms with Crippen LogP contribution in [0.3, 0.4) is 0 Å². The van der Waals surface area contributed by atoms with Gasteiger partial charge in [-0.15, -0.1) is 0 Å². The molecule has 2 aromatic heterocycles. The number of para-hydroxylation sites is 4. The molecule has 236 valence electrons. The Morgan fingerprint density at radius 1 is 0.739 bits per heavy atom. The normalized spacial score (nSPS) is 15.8. The van der Waals surface area contributed by atoms with Crippen molar-refractivity contribution in [1.29, 1.82) is 0 Å². The summed E-state index contributed by atoms with van der Waals surface area (Å²) in [6.07, 6.45) is -1.18. The second-order valence-corrected chi connectivity index (χ2v) is 10.8. The van der Waals surface area contributed by atoms with Crippen molar-refractivity contribution in [3.05, 3.63) is 89.5 Å². The number of Topliss-reactive ketones (excluding diaryl/α,β-unsaturated/α-hetero) is 2. The maximum atomic E-state index is 12.2. The highest BCUT2D eigenvalue weighted by Crippen LogP contribution is 2.48. The molecule has 4 N–H and O–H groups in total. The third-order valence-electron chi connectivity index (χ3n) is 7.62. The number of aromatic nitrogens is 4. The van der Waals surface area contributed by atoms with Crippen LogP contribution in [0.1, 0.15) is 36.7 Å². The molecule has 46 heavy (non-hydrogen) atoms. The number of ketones is 2. The lowest BCUT2D eigenvalue weighted by Crippen LogP contribution is -2.32. The van der Waals surface area contributed by atoms with Crippen LogP contribution in [-0.4, -0.2) is 64.0 Å². The molecule has 0 radical (unpaired) electrons. The van der Waals surface area contributed by atoms with Crippen LogP contribution in [0, 0.1) is 5.41 Å². The van der Waals surface area contributed by atoms with Gasteiger partial charge in [0.05, 0.1) is 41.9 Å². The maximum Gasteiger partial charge on any atom is 0.413 e. The molecule has 0 bridgehead atoms. The molecule has 0 saturated carbocycles. The highest BCUT2D eigenvalue weighted by Gasteiger charge is 2.49. The van der Waals surface area contributed by atoms with E-state index in [0.29, 0.717) is 28.8 Å². The van der Waals surface area contributed by atoms with Gasteiger partial charge in [-0.3, -0.25) is 20.2 Å². The minimum absolute atomic E-state index is 0.106. The first-order chi connectivity index (χ1) is 22.0. The predicted molar refractivity (Wildman–Crippen MR) is 171 cm³/mol. The van der Waals surface area contributed by atoms with E-state index in [1.165, 1.54) is 14.2 Å². The van der Waals surface area contributed by atoms with E-state index in [-0.39, 0.29) is 6.10 Å². The summed E-state index contributed by atoms with van der Waals surface area (Å²) in [5, 5.41) is 4.91. The van der Waals surface area contributed by atoms with Gasteiger partial charge in [-0.25, -0.2) is 19.6 Å². The quantitative estimate of drug-likeness (QED) is 0.169. The highest BCUT2D eigenvalue weighted by molar-refractivity contribution is 6.52. The molecule has 1 unspecified atom stereocenters. The molecular formula is C33H32N6O7. The first-order valence-corrected chi connectivity index (χ1v) is 14.2. The fourth-order valence-electron chi connectivity index (χ4n) is 4.91. The summed E-state index contributed by atoms with van der Waals surface area (Å²) in [7, 11) is 2.61. The van der Waals surface area contributed by atoms with Crippen LogP contribution in [-0.2, 0) is 19.0 Å². The largest absolute Gasteiger partial charge is 0.489 e. The second kappa shape index (κ2) is 12.9. The Bertz CT molecular complexity index is 1840. The highest BCUT2D eigenvalue weighted by atomic mass is 16.5. The molecule has 1 aliphatic heterocycles. The van der Waals surface area contributed by atoms with Gasteiger partial charge in [0.1, 0.15) is 11.9 Å². The van der Waals surface area contributed by atoms with Gasteiger partial charge in [0.15, 0.2) is 0 Å². The van der Waals surface area contributed by atoms with Crippen molar-refractivity contribution in [2.24, 2.45) is 5.41 Å². The van der Waals surface area contributed by atoms with Gasteiger partial charge in [0, 0.05) is 16.5 Å². The van der Waals surface area contributed by atoms with Crippen LogP contribution < -0.4 is 10.6 Å². The van der Waals surface area contributed by atoms with Crippen LogP contribution in [0.15, 0.2) is 78.4 Å². The number of ether oxygens (including phenoxy) is 3. The van der Waals surface area contributed by atoms with E-state index in [9.17, 15) is 19.2 Å². The number of amides is 2. The number of H-pyrrole nitrogens is 2. The molecule has 3 heterocycles. The summed E-state index contributed by atoms with van der Waals surface area (Å²) in [6.45, 7) is 5.82. The van der Waals surface area contributed by atoms with Crippen LogP contribution in [0.4, 0.5) is 21.5 Å². The Morgan fingerprint density at radius 3 is 1.67 bits per heavy atom. The summed E-state index contributed by atoms with van der Waals surface area (Å²) >= 11 is 0. The van der Waals surface area contributed by atoms with E-state index in [1.807, 2.05) is 81.4 Å². The van der Waals surface area contributed by atoms with Gasteiger partial charge in [-0.2, -0.15) is 0 Å². The average Bonchev–Trinajstić information content (AvgIpc) is 3.72. The standard InChI is InChI=1S/C15H14O3.2C9H9N3O2/c1-8-15(2,3)11-13(17)12(16)9-6-4-5-7-10(9)14(11)18-8;2*1-14-9(13)12-8-10-6-4-2-3-5-7(6)11-8/h4-8H,1-3H3;2*2-5H,1H3,(H2,10,11,12,13). The number of hydrogen-bond donors (Lipinski definition) is 4. The molecule has 2 amide bonds. The van der Waals surface area contributed by atoms with E-state index in [2.05, 4.69) is 40.0 Å². The molecule has 3 aromatic carbocycles. The molecule has 0 saturated heterocycles. The number of methoxy groups -OCH3 is 2. The van der Waals surface area contributed by atoms with Gasteiger partial charge < -0.3 is 24.2 Å². The van der Waals surface area contributed by atoms with Crippen molar-refractivity contribution < 1.29 is 33.4 Å². The summed E-state index contributed by atoms with van der Waals surface area (Å²) < 4.78 is 14.7. The zero-order valence-corrected chi connectivity index (χ0v) is 25.8. The van der Waals surface area contributed by atoms with Gasteiger partial charge in [0.2, 0.25) is 23.5 Å². The Labute approximate surface area is 263 Å². The summed E-state index contributed by atoms with van der Waals surface area (Å²) in [5.74, 6) is 0.525. The van der Waals surface area contributed by atoms with Crippen LogP contribution >= 0.6 is 0 Å². The Balaban J connectivity index is 0.000000138. The lowest BCUT2D eigenvalue weighted by atomic mass is 9.74. The zero-order valence-electron chi connectivity index (χ0n) is 25.8. The minimum Gasteiger partial charge on any atom is -0.489 e. The van der Waals surface area contributed by atoms with Gasteiger partial charge in [-0.1, -0.05) is 62.4 Å². The number of nitrogens with zero attached hydrogens (tertiary/aromatic N) is 2. The first kappa shape index (κ1) is 31.4. The number of anilines is 2. The van der Waals surface area contributed by atoms with Crippen LogP contribution in [0.5, 0.6) is 0 Å². The Kier molecular flexibility index (Phi) is 8.85. The number of imidazole rings is 2. The van der Waals surface area contributed by atoms with Gasteiger partial charge in [-0.05, 0) is 31.2 Å². The van der Waals surface area contributed by atoms with E-state index in [1.54, 1.807) is 12.1 Å². The summed E-state index contributed by atoms with van der Waals surface area (Å²) in [6, 6.07) is 22.1. The number of carbonyl (C=O) groups excluding carboxylic acids is 4. The van der Waals surface area contributed by atoms with Gasteiger partial charge >= 0.3 is 12.2 Å². The summed E-state index contributed by atoms with van der Waals surface area (Å²) in [5.41, 5.74) is 4.66. The summed E-state index contributed by atoms with van der Waals surface area (Å²) in [4.78, 5) is 60.2. The first-order valence-electron chi connectivity index (χ1n) is 14.2. The lowest BCUT2D eigenvalue weighted by Gasteiger charge is -2.24. The van der Waals surface area contributed by atoms with Crippen LogP contribution in [0.25, 0.3) is 27.8 Å². The molecule has 13 nitrogen and oxygen atoms in total. The third kappa shape index (κ3) is 6.29. The molecule has 0 spiro atoms. The SMILES string of the molecule is CC1OC2=C(C(=O)C(=O)c3ccccc32)C1(C)C.COC(=O)Nc1nc2ccccc2[nH]1.COC(=O)Nc1nc2ccccc2[nH]1. The van der Waals surface area contributed by atoms with Crippen molar-refractivity contribution in [1.82, 2.24) is 19.9 Å². The van der Waals surface area contributed by atoms with Crippen molar-refractivity contribution in [3.8, 4) is 0 Å². The molecule has 2 aliphatic rings. The average molecular weight is 625 g/mol. The number of hydrogen-bond acceptors (Lipinski definition) is 9. The monoisotopic (exact) mass is 624 g/mol. The van der Waals surface area contributed by atoms with E-state index in [4.69, 9.17) is 4.74 Å².